The number of hydrogen-bond donors (Lipinski definition) is 0. The maximum Gasteiger partial charge on any atom is 0.279 e. The zero-order chi connectivity index (χ0) is 14.0. The Bertz CT molecular complexity index is 597. The van der Waals surface area contributed by atoms with Crippen LogP contribution in [-0.4, -0.2) is 8.42 Å². The van der Waals surface area contributed by atoms with E-state index in [0.29, 0.717) is 0 Å². The van der Waals surface area contributed by atoms with Crippen LogP contribution in [-0.2, 0) is 9.84 Å². The minimum atomic E-state index is -3.69. The summed E-state index contributed by atoms with van der Waals surface area (Å²) in [6.45, 7) is 14.5. The molecule has 0 aromatic heterocycles. The highest BCUT2D eigenvalue weighted by molar-refractivity contribution is 7.95. The van der Waals surface area contributed by atoms with Crippen molar-refractivity contribution >= 4 is 9.84 Å². The number of allylic oxidation sites excluding steroid dienone is 1. The molecule has 18 heavy (non-hydrogen) atoms. The van der Waals surface area contributed by atoms with Gasteiger partial charge in [0.05, 0.1) is 11.5 Å². The number of hydrogen-bond acceptors (Lipinski definition) is 2. The first-order valence-corrected chi connectivity index (χ1v) is 7.07. The number of aryl methyl sites for hydroxylation is 1. The molecule has 0 aliphatic heterocycles. The number of rotatable bonds is 2. The summed E-state index contributed by atoms with van der Waals surface area (Å²) in [5, 5.41) is -0.209. The molecule has 0 atom stereocenters. The van der Waals surface area contributed by atoms with Crippen LogP contribution in [0.1, 0.15) is 26.3 Å². The van der Waals surface area contributed by atoms with Gasteiger partial charge in [0, 0.05) is 0 Å². The van der Waals surface area contributed by atoms with Gasteiger partial charge in [0.15, 0.2) is 0 Å². The van der Waals surface area contributed by atoms with Crippen molar-refractivity contribution in [1.82, 2.24) is 0 Å². The monoisotopic (exact) mass is 263 g/mol. The molecule has 0 heterocycles. The Morgan fingerprint density at radius 3 is 2.11 bits per heavy atom. The van der Waals surface area contributed by atoms with Gasteiger partial charge < -0.3 is 0 Å². The first kappa shape index (κ1) is 14.5. The summed E-state index contributed by atoms with van der Waals surface area (Å²) >= 11 is 0. The molecule has 0 radical (unpaired) electrons. The zero-order valence-corrected chi connectivity index (χ0v) is 11.9. The van der Waals surface area contributed by atoms with Crippen molar-refractivity contribution in [2.75, 3.05) is 0 Å². The van der Waals surface area contributed by atoms with Crippen molar-refractivity contribution in [3.63, 3.8) is 0 Å². The molecular formula is C14H17NO2S. The molecule has 1 aromatic carbocycles. The van der Waals surface area contributed by atoms with E-state index in [1.165, 1.54) is 18.2 Å². The second-order valence-corrected chi connectivity index (χ2v) is 7.17. The second-order valence-electron chi connectivity index (χ2n) is 5.28. The van der Waals surface area contributed by atoms with Crippen molar-refractivity contribution in [2.45, 2.75) is 32.6 Å². The summed E-state index contributed by atoms with van der Waals surface area (Å²) in [6.07, 6.45) is 1.50. The third-order valence-electron chi connectivity index (χ3n) is 2.27. The number of sulfone groups is 1. The van der Waals surface area contributed by atoms with E-state index in [1.807, 2.05) is 27.7 Å². The van der Waals surface area contributed by atoms with Crippen molar-refractivity contribution < 1.29 is 8.42 Å². The van der Waals surface area contributed by atoms with E-state index in [4.69, 9.17) is 6.57 Å². The van der Waals surface area contributed by atoms with E-state index in [-0.39, 0.29) is 15.3 Å². The van der Waals surface area contributed by atoms with E-state index in [1.54, 1.807) is 12.1 Å². The predicted molar refractivity (Wildman–Crippen MR) is 72.5 cm³/mol. The van der Waals surface area contributed by atoms with Crippen LogP contribution in [0.5, 0.6) is 0 Å². The highest BCUT2D eigenvalue weighted by Gasteiger charge is 2.23. The molecule has 0 saturated heterocycles. The molecule has 0 aliphatic carbocycles. The molecule has 0 aliphatic rings. The molecule has 0 saturated carbocycles. The first-order chi connectivity index (χ1) is 8.16. The minimum Gasteiger partial charge on any atom is -0.230 e. The highest BCUT2D eigenvalue weighted by Crippen LogP contribution is 2.26. The van der Waals surface area contributed by atoms with Gasteiger partial charge in [-0.05, 0) is 24.5 Å². The maximum atomic E-state index is 12.3. The third kappa shape index (κ3) is 3.44. The van der Waals surface area contributed by atoms with Gasteiger partial charge in [-0.3, -0.25) is 0 Å². The van der Waals surface area contributed by atoms with Gasteiger partial charge in [-0.15, -0.1) is 0 Å². The molecule has 0 fully saturated rings. The quantitative estimate of drug-likeness (QED) is 0.765. The van der Waals surface area contributed by atoms with E-state index in [0.717, 1.165) is 5.56 Å². The zero-order valence-electron chi connectivity index (χ0n) is 11.1. The van der Waals surface area contributed by atoms with Crippen LogP contribution in [0.2, 0.25) is 0 Å². The van der Waals surface area contributed by atoms with Gasteiger partial charge in [0.25, 0.3) is 5.03 Å². The predicted octanol–water partition coefficient (Wildman–Crippen LogP) is 3.58. The first-order valence-electron chi connectivity index (χ1n) is 5.59. The Labute approximate surface area is 109 Å². The molecule has 0 N–H and O–H groups in total. The molecule has 1 rings (SSSR count). The summed E-state index contributed by atoms with van der Waals surface area (Å²) in [6, 6.07) is 6.52. The topological polar surface area (TPSA) is 38.5 Å². The SMILES string of the molecule is [C-]#[N+]/C(=C\C(C)(C)C)S(=O)(=O)c1ccc(C)cc1. The highest BCUT2D eigenvalue weighted by atomic mass is 32.2. The average Bonchev–Trinajstić information content (AvgIpc) is 2.25. The van der Waals surface area contributed by atoms with Gasteiger partial charge in [-0.1, -0.05) is 44.5 Å². The molecule has 3 nitrogen and oxygen atoms in total. The lowest BCUT2D eigenvalue weighted by Gasteiger charge is -2.13. The van der Waals surface area contributed by atoms with Crippen molar-refractivity contribution in [1.29, 1.82) is 0 Å². The molecule has 4 heteroatoms. The molecule has 0 unspecified atom stereocenters. The fraction of sp³-hybridized carbons (Fsp3) is 0.357. The van der Waals surface area contributed by atoms with Gasteiger partial charge in [0.1, 0.15) is 0 Å². The van der Waals surface area contributed by atoms with E-state index in [9.17, 15) is 8.42 Å². The molecule has 0 spiro atoms. The Morgan fingerprint density at radius 2 is 1.72 bits per heavy atom. The lowest BCUT2D eigenvalue weighted by Crippen LogP contribution is -2.07. The lowest BCUT2D eigenvalue weighted by molar-refractivity contribution is 0.541. The summed E-state index contributed by atoms with van der Waals surface area (Å²) in [7, 11) is -3.69. The van der Waals surface area contributed by atoms with Crippen molar-refractivity contribution in [3.8, 4) is 0 Å². The summed E-state index contributed by atoms with van der Waals surface area (Å²) in [5.41, 5.74) is 0.635. The Kier molecular flexibility index (Phi) is 3.98. The van der Waals surface area contributed by atoms with E-state index < -0.39 is 9.84 Å². The standard InChI is InChI=1S/C14H17NO2S/c1-11-6-8-12(9-7-11)18(16,17)13(15-5)10-14(2,3)4/h6-10H,1-4H3/b13-10+. The second kappa shape index (κ2) is 4.95. The van der Waals surface area contributed by atoms with Crippen molar-refractivity contribution in [2.24, 2.45) is 5.41 Å². The fourth-order valence-electron chi connectivity index (χ4n) is 1.38. The summed E-state index contributed by atoms with van der Waals surface area (Å²) in [5.74, 6) is 0. The lowest BCUT2D eigenvalue weighted by atomic mass is 9.97. The van der Waals surface area contributed by atoms with Crippen molar-refractivity contribution in [3.05, 3.63) is 52.4 Å². The van der Waals surface area contributed by atoms with Crippen LogP contribution in [0.15, 0.2) is 40.3 Å². The van der Waals surface area contributed by atoms with Gasteiger partial charge in [-0.2, -0.15) is 0 Å². The van der Waals surface area contributed by atoms with Gasteiger partial charge in [-0.25, -0.2) is 13.3 Å². The fourth-order valence-corrected chi connectivity index (χ4v) is 2.74. The summed E-state index contributed by atoms with van der Waals surface area (Å²) < 4.78 is 24.5. The number of nitrogens with zero attached hydrogens (tertiary/aromatic N) is 1. The largest absolute Gasteiger partial charge is 0.279 e. The number of benzene rings is 1. The molecule has 1 aromatic rings. The van der Waals surface area contributed by atoms with Crippen LogP contribution < -0.4 is 0 Å². The van der Waals surface area contributed by atoms with E-state index >= 15 is 0 Å². The molecular weight excluding hydrogens is 246 g/mol. The Balaban J connectivity index is 3.34. The van der Waals surface area contributed by atoms with E-state index in [2.05, 4.69) is 4.85 Å². The molecule has 96 valence electrons. The van der Waals surface area contributed by atoms with Gasteiger partial charge in [0.2, 0.25) is 9.84 Å². The Morgan fingerprint density at radius 1 is 1.22 bits per heavy atom. The average molecular weight is 263 g/mol. The summed E-state index contributed by atoms with van der Waals surface area (Å²) in [4.78, 5) is 3.33. The van der Waals surface area contributed by atoms with Crippen LogP contribution >= 0.6 is 0 Å². The van der Waals surface area contributed by atoms with Crippen LogP contribution in [0.25, 0.3) is 4.85 Å². The van der Waals surface area contributed by atoms with Crippen LogP contribution in [0, 0.1) is 18.9 Å². The molecule has 0 bridgehead atoms. The minimum absolute atomic E-state index is 0.166. The normalized spacial score (nSPS) is 13.2. The Hall–Kier alpha value is -1.60. The third-order valence-corrected chi connectivity index (χ3v) is 3.93. The maximum absolute atomic E-state index is 12.3. The molecule has 0 amide bonds. The smallest absolute Gasteiger partial charge is 0.230 e. The van der Waals surface area contributed by atoms with Crippen LogP contribution in [0.4, 0.5) is 0 Å². The van der Waals surface area contributed by atoms with Gasteiger partial charge >= 0.3 is 0 Å². The van der Waals surface area contributed by atoms with Crippen LogP contribution in [0.3, 0.4) is 0 Å².